The molecule has 1 aliphatic rings. The van der Waals surface area contributed by atoms with Crippen molar-refractivity contribution in [3.8, 4) is 11.3 Å². The van der Waals surface area contributed by atoms with Gasteiger partial charge in [-0.2, -0.15) is 4.39 Å². The van der Waals surface area contributed by atoms with Crippen molar-refractivity contribution in [2.45, 2.75) is 45.1 Å². The molecule has 2 heterocycles. The van der Waals surface area contributed by atoms with Crippen LogP contribution in [0.25, 0.3) is 11.3 Å². The fourth-order valence-corrected chi connectivity index (χ4v) is 4.27. The molecule has 0 bridgehead atoms. The van der Waals surface area contributed by atoms with Crippen molar-refractivity contribution in [2.75, 3.05) is 5.32 Å². The maximum atomic E-state index is 13.2. The highest BCUT2D eigenvalue weighted by Gasteiger charge is 2.28. The van der Waals surface area contributed by atoms with Crippen molar-refractivity contribution in [3.63, 3.8) is 0 Å². The number of hydrogen-bond donors (Lipinski definition) is 2. The van der Waals surface area contributed by atoms with Crippen molar-refractivity contribution >= 4 is 11.7 Å². The summed E-state index contributed by atoms with van der Waals surface area (Å²) < 4.78 is 19.2. The zero-order valence-electron chi connectivity index (χ0n) is 16.9. The molecule has 3 aromatic rings. The Hall–Kier alpha value is -3.15. The van der Waals surface area contributed by atoms with Gasteiger partial charge in [0.15, 0.2) is 0 Å². The van der Waals surface area contributed by atoms with E-state index in [4.69, 9.17) is 9.52 Å². The Morgan fingerprint density at radius 1 is 1.17 bits per heavy atom. The Bertz CT molecular complexity index is 1010. The van der Waals surface area contributed by atoms with Crippen LogP contribution in [0.1, 0.15) is 59.8 Å². The molecule has 2 N–H and O–H groups in total. The average Bonchev–Trinajstić information content (AvgIpc) is 3.14. The molecule has 1 aromatic carbocycles. The minimum Gasteiger partial charge on any atom is -0.478 e. The summed E-state index contributed by atoms with van der Waals surface area (Å²) >= 11 is 0. The Kier molecular flexibility index (Phi) is 5.84. The van der Waals surface area contributed by atoms with E-state index in [0.717, 1.165) is 35.4 Å². The van der Waals surface area contributed by atoms with Crippen LogP contribution in [0.5, 0.6) is 0 Å². The van der Waals surface area contributed by atoms with Gasteiger partial charge in [-0.1, -0.05) is 19.3 Å². The minimum absolute atomic E-state index is 0.0480. The molecule has 4 rings (SSSR count). The third-order valence-corrected chi connectivity index (χ3v) is 5.88. The van der Waals surface area contributed by atoms with Crippen LogP contribution in [0.15, 0.2) is 53.1 Å². The number of halogens is 1. The van der Waals surface area contributed by atoms with Crippen molar-refractivity contribution in [2.24, 2.45) is 5.92 Å². The van der Waals surface area contributed by atoms with Gasteiger partial charge in [-0.3, -0.25) is 0 Å². The maximum absolute atomic E-state index is 13.2. The molecular formula is C24H25FN2O3. The molecule has 0 saturated heterocycles. The third kappa shape index (κ3) is 4.37. The summed E-state index contributed by atoms with van der Waals surface area (Å²) in [6, 6.07) is 11.9. The first-order valence-electron chi connectivity index (χ1n) is 10.3. The maximum Gasteiger partial charge on any atom is 0.335 e. The number of aromatic carboxylic acids is 1. The number of aromatic nitrogens is 1. The molecule has 30 heavy (non-hydrogen) atoms. The molecule has 0 spiro atoms. The van der Waals surface area contributed by atoms with Crippen LogP contribution < -0.4 is 5.32 Å². The van der Waals surface area contributed by atoms with Gasteiger partial charge in [0.1, 0.15) is 11.5 Å². The second kappa shape index (κ2) is 8.69. The zero-order valence-corrected chi connectivity index (χ0v) is 16.9. The van der Waals surface area contributed by atoms with Crippen molar-refractivity contribution in [1.29, 1.82) is 0 Å². The summed E-state index contributed by atoms with van der Waals surface area (Å²) in [4.78, 5) is 14.9. The third-order valence-electron chi connectivity index (χ3n) is 5.88. The van der Waals surface area contributed by atoms with Crippen molar-refractivity contribution in [1.82, 2.24) is 4.98 Å². The summed E-state index contributed by atoms with van der Waals surface area (Å²) in [6.07, 6.45) is 7.39. The van der Waals surface area contributed by atoms with E-state index in [9.17, 15) is 9.18 Å². The fraction of sp³-hybridized carbons (Fsp3) is 0.333. The van der Waals surface area contributed by atoms with E-state index in [0.29, 0.717) is 11.7 Å². The number of pyridine rings is 1. The van der Waals surface area contributed by atoms with Gasteiger partial charge in [0.2, 0.25) is 5.95 Å². The Labute approximate surface area is 175 Å². The smallest absolute Gasteiger partial charge is 0.335 e. The molecule has 6 heteroatoms. The van der Waals surface area contributed by atoms with Crippen LogP contribution in [0.3, 0.4) is 0 Å². The van der Waals surface area contributed by atoms with Crippen LogP contribution in [0, 0.1) is 18.8 Å². The number of benzene rings is 1. The van der Waals surface area contributed by atoms with Crippen LogP contribution in [0.2, 0.25) is 0 Å². The molecule has 1 aliphatic carbocycles. The molecule has 2 aromatic heterocycles. The van der Waals surface area contributed by atoms with Gasteiger partial charge >= 0.3 is 5.97 Å². The van der Waals surface area contributed by atoms with E-state index >= 15 is 0 Å². The molecule has 156 valence electrons. The number of rotatable bonds is 6. The minimum atomic E-state index is -0.936. The van der Waals surface area contributed by atoms with Gasteiger partial charge in [-0.15, -0.1) is 0 Å². The van der Waals surface area contributed by atoms with Crippen LogP contribution in [0.4, 0.5) is 10.1 Å². The standard InChI is InChI=1S/C24H25FN2O3/c1-15-20(13-21(30-15)18-9-12-22(25)26-14-18)23(16-5-3-2-4-6-16)27-19-10-7-17(8-11-19)24(28)29/h7-14,16,23,27H,2-6H2,1H3,(H,28,29). The Morgan fingerprint density at radius 2 is 1.90 bits per heavy atom. The van der Waals surface area contributed by atoms with Gasteiger partial charge in [-0.25, -0.2) is 9.78 Å². The number of carboxylic acid groups (broad SMARTS) is 1. The molecule has 1 fully saturated rings. The van der Waals surface area contributed by atoms with E-state index in [2.05, 4.69) is 10.3 Å². The number of carbonyl (C=O) groups is 1. The second-order valence-corrected chi connectivity index (χ2v) is 7.89. The lowest BCUT2D eigenvalue weighted by Crippen LogP contribution is -2.23. The molecule has 0 amide bonds. The zero-order chi connectivity index (χ0) is 21.1. The van der Waals surface area contributed by atoms with E-state index < -0.39 is 11.9 Å². The predicted molar refractivity (Wildman–Crippen MR) is 113 cm³/mol. The SMILES string of the molecule is Cc1oc(-c2ccc(F)nc2)cc1C(Nc1ccc(C(=O)O)cc1)C1CCCCC1. The number of anilines is 1. The summed E-state index contributed by atoms with van der Waals surface area (Å²) in [5.41, 5.74) is 2.95. The molecule has 1 atom stereocenters. The monoisotopic (exact) mass is 408 g/mol. The van der Waals surface area contributed by atoms with Gasteiger partial charge in [0.25, 0.3) is 0 Å². The van der Waals surface area contributed by atoms with Crippen LogP contribution in [-0.4, -0.2) is 16.1 Å². The quantitative estimate of drug-likeness (QED) is 0.474. The van der Waals surface area contributed by atoms with Gasteiger partial charge in [0, 0.05) is 23.0 Å². The summed E-state index contributed by atoms with van der Waals surface area (Å²) in [7, 11) is 0. The summed E-state index contributed by atoms with van der Waals surface area (Å²) in [5.74, 6) is 0.481. The summed E-state index contributed by atoms with van der Waals surface area (Å²) in [5, 5.41) is 12.8. The fourth-order valence-electron chi connectivity index (χ4n) is 4.27. The highest BCUT2D eigenvalue weighted by atomic mass is 19.1. The summed E-state index contributed by atoms with van der Waals surface area (Å²) in [6.45, 7) is 1.95. The molecule has 0 aliphatic heterocycles. The lowest BCUT2D eigenvalue weighted by molar-refractivity contribution is 0.0697. The highest BCUT2D eigenvalue weighted by Crippen LogP contribution is 2.40. The molecule has 0 radical (unpaired) electrons. The highest BCUT2D eigenvalue weighted by molar-refractivity contribution is 5.88. The van der Waals surface area contributed by atoms with Gasteiger partial charge < -0.3 is 14.8 Å². The average molecular weight is 408 g/mol. The van der Waals surface area contributed by atoms with Gasteiger partial charge in [0.05, 0.1) is 11.6 Å². The predicted octanol–water partition coefficient (Wildman–Crippen LogP) is 6.22. The molecular weight excluding hydrogens is 383 g/mol. The van der Waals surface area contributed by atoms with E-state index in [1.807, 2.05) is 13.0 Å². The number of nitrogens with one attached hydrogen (secondary N) is 1. The molecule has 1 unspecified atom stereocenters. The Morgan fingerprint density at radius 3 is 2.53 bits per heavy atom. The van der Waals surface area contributed by atoms with Crippen LogP contribution >= 0.6 is 0 Å². The van der Waals surface area contributed by atoms with E-state index in [-0.39, 0.29) is 11.6 Å². The second-order valence-electron chi connectivity index (χ2n) is 7.89. The number of nitrogens with zero attached hydrogens (tertiary/aromatic N) is 1. The lowest BCUT2D eigenvalue weighted by Gasteiger charge is -2.31. The van der Waals surface area contributed by atoms with Crippen molar-refractivity contribution in [3.05, 3.63) is 71.5 Å². The van der Waals surface area contributed by atoms with E-state index in [1.54, 1.807) is 30.3 Å². The first kappa shape index (κ1) is 20.1. The first-order valence-corrected chi connectivity index (χ1v) is 10.3. The number of carboxylic acids is 1. The number of aryl methyl sites for hydroxylation is 1. The number of hydrogen-bond acceptors (Lipinski definition) is 4. The van der Waals surface area contributed by atoms with Crippen LogP contribution in [-0.2, 0) is 0 Å². The Balaban J connectivity index is 1.65. The number of furan rings is 1. The topological polar surface area (TPSA) is 75.4 Å². The normalized spacial score (nSPS) is 15.7. The van der Waals surface area contributed by atoms with Crippen molar-refractivity contribution < 1.29 is 18.7 Å². The van der Waals surface area contributed by atoms with E-state index in [1.165, 1.54) is 31.5 Å². The molecule has 1 saturated carbocycles. The molecule has 5 nitrogen and oxygen atoms in total. The first-order chi connectivity index (χ1) is 14.5. The lowest BCUT2D eigenvalue weighted by atomic mass is 9.81. The largest absolute Gasteiger partial charge is 0.478 e. The van der Waals surface area contributed by atoms with Gasteiger partial charge in [-0.05, 0) is 68.1 Å².